The van der Waals surface area contributed by atoms with Crippen LogP contribution in [0.25, 0.3) is 5.73 Å². The number of hydrogen-bond donors (Lipinski definition) is 4. The summed E-state index contributed by atoms with van der Waals surface area (Å²) in [6.07, 6.45) is -0.122. The van der Waals surface area contributed by atoms with Crippen LogP contribution in [-0.4, -0.2) is 34.4 Å². The van der Waals surface area contributed by atoms with Crippen LogP contribution in [-0.2, 0) is 29.5 Å². The fraction of sp³-hybridized carbons (Fsp3) is 0.417. The first-order valence-corrected chi connectivity index (χ1v) is 7.84. The number of amidine groups is 1. The third kappa shape index (κ3) is 7.67. The standard InChI is InChI=1S/C12H19N3O4P.V/c1-8(13)7-19-11-6-10(12(14)15)3-2-9(11)4-5-20(16,17)18;/h2-3,6,8,13H,4-5,7H2,1H3,(H3,14,15)(H2,16,17,18);/q-1;. The Balaban J connectivity index is 0.00000400. The minimum Gasteiger partial charge on any atom is -0.672 e. The van der Waals surface area contributed by atoms with Crippen molar-refractivity contribution in [1.82, 2.24) is 0 Å². The third-order valence-electron chi connectivity index (χ3n) is 2.54. The van der Waals surface area contributed by atoms with Gasteiger partial charge >= 0.3 is 7.60 Å². The molecule has 0 aliphatic heterocycles. The SMILES string of the molecule is CC([NH-])COc1cc(C(=N)N)ccc1CCP(=O)(O)O.[V]. The normalized spacial score (nSPS) is 12.4. The second-order valence-corrected chi connectivity index (χ2v) is 6.36. The van der Waals surface area contributed by atoms with Crippen molar-refractivity contribution in [3.8, 4) is 5.75 Å². The largest absolute Gasteiger partial charge is 0.672 e. The summed E-state index contributed by atoms with van der Waals surface area (Å²) in [7, 11) is -4.08. The monoisotopic (exact) mass is 351 g/mol. The summed E-state index contributed by atoms with van der Waals surface area (Å²) in [6, 6.07) is 4.37. The Morgan fingerprint density at radius 2 is 2.14 bits per heavy atom. The molecule has 1 rings (SSSR count). The van der Waals surface area contributed by atoms with Crippen LogP contribution in [0, 0.1) is 5.41 Å². The zero-order chi connectivity index (χ0) is 15.3. The van der Waals surface area contributed by atoms with E-state index in [1.165, 1.54) is 0 Å². The van der Waals surface area contributed by atoms with E-state index >= 15 is 0 Å². The van der Waals surface area contributed by atoms with Crippen LogP contribution in [0.3, 0.4) is 0 Å². The van der Waals surface area contributed by atoms with Gasteiger partial charge in [0.05, 0.1) is 12.8 Å². The van der Waals surface area contributed by atoms with Gasteiger partial charge in [-0.15, -0.1) is 6.04 Å². The number of benzene rings is 1. The van der Waals surface area contributed by atoms with Crippen LogP contribution < -0.4 is 10.5 Å². The molecule has 0 heterocycles. The molecule has 0 saturated heterocycles. The number of nitrogens with two attached hydrogens (primary N) is 1. The van der Waals surface area contributed by atoms with Crippen LogP contribution in [0.2, 0.25) is 0 Å². The Labute approximate surface area is 135 Å². The Kier molecular flexibility index (Phi) is 8.25. The number of nitrogen functional groups attached to an aromatic ring is 1. The molecule has 0 spiro atoms. The molecule has 1 aromatic rings. The topological polar surface area (TPSA) is 140 Å². The molecule has 1 unspecified atom stereocenters. The van der Waals surface area contributed by atoms with Crippen molar-refractivity contribution in [3.05, 3.63) is 35.1 Å². The fourth-order valence-electron chi connectivity index (χ4n) is 1.54. The van der Waals surface area contributed by atoms with Gasteiger partial charge in [0, 0.05) is 24.1 Å². The minimum atomic E-state index is -4.08. The zero-order valence-electron chi connectivity index (χ0n) is 11.6. The van der Waals surface area contributed by atoms with Crippen molar-refractivity contribution >= 4 is 13.4 Å². The molecule has 0 fully saturated rings. The van der Waals surface area contributed by atoms with Gasteiger partial charge in [0.25, 0.3) is 0 Å². The van der Waals surface area contributed by atoms with Crippen LogP contribution >= 0.6 is 7.60 Å². The number of nitrogens with one attached hydrogen (secondary N) is 2. The van der Waals surface area contributed by atoms with E-state index in [2.05, 4.69) is 0 Å². The van der Waals surface area contributed by atoms with Gasteiger partial charge in [-0.05, 0) is 18.1 Å². The van der Waals surface area contributed by atoms with Crippen LogP contribution in [0.4, 0.5) is 0 Å². The van der Waals surface area contributed by atoms with Gasteiger partial charge in [-0.25, -0.2) is 0 Å². The van der Waals surface area contributed by atoms with Crippen molar-refractivity contribution < 1.29 is 37.6 Å². The first kappa shape index (κ1) is 20.2. The summed E-state index contributed by atoms with van der Waals surface area (Å²) in [4.78, 5) is 17.8. The predicted octanol–water partition coefficient (Wildman–Crippen LogP) is 1.51. The smallest absolute Gasteiger partial charge is 0.325 e. The van der Waals surface area contributed by atoms with Gasteiger partial charge in [-0.1, -0.05) is 19.1 Å². The average Bonchev–Trinajstić information content (AvgIpc) is 2.33. The van der Waals surface area contributed by atoms with Gasteiger partial charge in [0.2, 0.25) is 0 Å². The van der Waals surface area contributed by atoms with E-state index in [4.69, 9.17) is 31.4 Å². The van der Waals surface area contributed by atoms with Gasteiger partial charge in [-0.2, -0.15) is 0 Å². The summed E-state index contributed by atoms with van der Waals surface area (Å²) >= 11 is 0. The third-order valence-corrected chi connectivity index (χ3v) is 3.35. The van der Waals surface area contributed by atoms with Crippen molar-refractivity contribution in [2.24, 2.45) is 5.73 Å². The van der Waals surface area contributed by atoms with Crippen LogP contribution in [0.1, 0.15) is 18.1 Å². The molecule has 7 nitrogen and oxygen atoms in total. The molecular weight excluding hydrogens is 332 g/mol. The van der Waals surface area contributed by atoms with E-state index < -0.39 is 13.6 Å². The number of hydrogen-bond acceptors (Lipinski definition) is 3. The molecule has 1 radical (unpaired) electrons. The first-order valence-electron chi connectivity index (χ1n) is 6.05. The molecule has 0 saturated carbocycles. The van der Waals surface area contributed by atoms with E-state index in [0.29, 0.717) is 16.9 Å². The summed E-state index contributed by atoms with van der Waals surface area (Å²) in [6.45, 7) is 1.83. The minimum absolute atomic E-state index is 0. The molecule has 0 aliphatic rings. The van der Waals surface area contributed by atoms with E-state index in [0.717, 1.165) is 0 Å². The Hall–Kier alpha value is -0.816. The summed E-state index contributed by atoms with van der Waals surface area (Å²) in [5.41, 5.74) is 13.9. The maximum Gasteiger partial charge on any atom is 0.325 e. The van der Waals surface area contributed by atoms with Gasteiger partial charge < -0.3 is 26.0 Å². The molecule has 9 heteroatoms. The summed E-state index contributed by atoms with van der Waals surface area (Å²) in [5, 5.41) is 7.38. The molecule has 0 aromatic heterocycles. The quantitative estimate of drug-likeness (QED) is 0.335. The van der Waals surface area contributed by atoms with E-state index in [1.807, 2.05) is 0 Å². The maximum absolute atomic E-state index is 10.9. The molecule has 0 amide bonds. The van der Waals surface area contributed by atoms with Crippen molar-refractivity contribution in [2.75, 3.05) is 12.8 Å². The molecule has 21 heavy (non-hydrogen) atoms. The number of aryl methyl sites for hydroxylation is 1. The number of ether oxygens (including phenoxy) is 1. The molecule has 1 atom stereocenters. The maximum atomic E-state index is 10.9. The van der Waals surface area contributed by atoms with Crippen molar-refractivity contribution in [3.63, 3.8) is 0 Å². The fourth-order valence-corrected chi connectivity index (χ4v) is 2.08. The van der Waals surface area contributed by atoms with Crippen molar-refractivity contribution in [2.45, 2.75) is 19.4 Å². The first-order chi connectivity index (χ1) is 9.19. The molecule has 0 bridgehead atoms. The summed E-state index contributed by atoms with van der Waals surface area (Å²) < 4.78 is 16.4. The van der Waals surface area contributed by atoms with E-state index in [9.17, 15) is 4.57 Å². The molecule has 1 aromatic carbocycles. The van der Waals surface area contributed by atoms with E-state index in [-0.39, 0.29) is 43.6 Å². The second-order valence-electron chi connectivity index (χ2n) is 4.59. The predicted molar refractivity (Wildman–Crippen MR) is 77.4 cm³/mol. The Morgan fingerprint density at radius 1 is 1.52 bits per heavy atom. The van der Waals surface area contributed by atoms with Gasteiger partial charge in [0.15, 0.2) is 0 Å². The average molecular weight is 351 g/mol. The van der Waals surface area contributed by atoms with Crippen LogP contribution in [0.15, 0.2) is 18.2 Å². The molecule has 6 N–H and O–H groups in total. The summed E-state index contributed by atoms with van der Waals surface area (Å²) in [5.74, 6) is 0.292. The van der Waals surface area contributed by atoms with Crippen molar-refractivity contribution in [1.29, 1.82) is 5.41 Å². The van der Waals surface area contributed by atoms with E-state index in [1.54, 1.807) is 25.1 Å². The molecule has 117 valence electrons. The zero-order valence-corrected chi connectivity index (χ0v) is 13.9. The second kappa shape index (κ2) is 8.58. The number of rotatable bonds is 7. The molecule has 0 aliphatic carbocycles. The van der Waals surface area contributed by atoms with Gasteiger partial charge in [0.1, 0.15) is 11.6 Å². The van der Waals surface area contributed by atoms with Gasteiger partial charge in [-0.3, -0.25) is 9.97 Å². The molecular formula is C12H19N3O4PV-. The Bertz CT molecular complexity index is 533. The Morgan fingerprint density at radius 3 is 2.62 bits per heavy atom. The van der Waals surface area contributed by atoms with Crippen LogP contribution in [0.5, 0.6) is 5.75 Å².